The first-order chi connectivity index (χ1) is 11.2. The van der Waals surface area contributed by atoms with Gasteiger partial charge < -0.3 is 5.11 Å². The molecule has 1 N–H and O–H groups in total. The van der Waals surface area contributed by atoms with Crippen molar-refractivity contribution in [1.82, 2.24) is 4.98 Å². The maximum atomic E-state index is 9.98. The number of pyridine rings is 1. The Morgan fingerprint density at radius 2 is 1.91 bits per heavy atom. The predicted octanol–water partition coefficient (Wildman–Crippen LogP) is 4.38. The molecule has 0 unspecified atom stereocenters. The predicted molar refractivity (Wildman–Crippen MR) is 96.1 cm³/mol. The minimum atomic E-state index is 0.231. The van der Waals surface area contributed by atoms with Gasteiger partial charge in [0, 0.05) is 24.2 Å². The number of aromatic hydroxyl groups is 1. The Hall–Kier alpha value is -2.94. The molecule has 0 aliphatic carbocycles. The van der Waals surface area contributed by atoms with Gasteiger partial charge in [-0.15, -0.1) is 0 Å². The van der Waals surface area contributed by atoms with Crippen LogP contribution in [0, 0.1) is 6.92 Å². The van der Waals surface area contributed by atoms with E-state index in [2.05, 4.69) is 35.1 Å². The Bertz CT molecular complexity index is 910. The Balaban J connectivity index is 1.99. The van der Waals surface area contributed by atoms with Gasteiger partial charge >= 0.3 is 0 Å². The second kappa shape index (κ2) is 6.44. The van der Waals surface area contributed by atoms with Crippen LogP contribution in [-0.4, -0.2) is 22.8 Å². The number of benzene rings is 2. The van der Waals surface area contributed by atoms with Gasteiger partial charge in [0.15, 0.2) is 0 Å². The molecule has 0 saturated heterocycles. The fourth-order valence-electron chi connectivity index (χ4n) is 2.63. The van der Waals surface area contributed by atoms with Gasteiger partial charge in [0.2, 0.25) is 0 Å². The van der Waals surface area contributed by atoms with Crippen molar-refractivity contribution in [2.75, 3.05) is 7.05 Å². The number of hydrogen-bond donors (Lipinski definition) is 1. The van der Waals surface area contributed by atoms with E-state index in [-0.39, 0.29) is 5.75 Å². The fourth-order valence-corrected chi connectivity index (χ4v) is 2.63. The lowest BCUT2D eigenvalue weighted by Crippen LogP contribution is -1.97. The molecular formula is C20H18N2O. The molecular weight excluding hydrogens is 284 g/mol. The summed E-state index contributed by atoms with van der Waals surface area (Å²) in [5.41, 5.74) is 4.69. The minimum absolute atomic E-state index is 0.231. The first-order valence-corrected chi connectivity index (χ1v) is 7.48. The first-order valence-electron chi connectivity index (χ1n) is 7.48. The van der Waals surface area contributed by atoms with Gasteiger partial charge in [-0.1, -0.05) is 36.4 Å². The molecule has 0 spiro atoms. The number of para-hydroxylation sites is 1. The van der Waals surface area contributed by atoms with Crippen LogP contribution < -0.4 is 0 Å². The van der Waals surface area contributed by atoms with Gasteiger partial charge in [-0.05, 0) is 42.3 Å². The summed E-state index contributed by atoms with van der Waals surface area (Å²) in [4.78, 5) is 8.74. The van der Waals surface area contributed by atoms with Crippen LogP contribution in [0.15, 0.2) is 65.8 Å². The third kappa shape index (κ3) is 2.99. The molecule has 1 heterocycles. The smallest absolute Gasteiger partial charge is 0.124 e. The monoisotopic (exact) mass is 302 g/mol. The van der Waals surface area contributed by atoms with Crippen molar-refractivity contribution >= 4 is 22.7 Å². The lowest BCUT2D eigenvalue weighted by atomic mass is 10.0. The summed E-state index contributed by atoms with van der Waals surface area (Å²) < 4.78 is 0. The standard InChI is InChI=1S/C20H18N2O/c1-14-15(9-10-16-6-5-13-22-20(14)16)11-12-18(21-2)17-7-3-4-8-19(17)23/h3-13,23H,1-2H3/b12-11-,21-18?. The van der Waals surface area contributed by atoms with Gasteiger partial charge in [0.25, 0.3) is 0 Å². The zero-order chi connectivity index (χ0) is 16.2. The number of allylic oxidation sites excluding steroid dienone is 1. The number of phenolic OH excluding ortho intramolecular Hbond substituents is 1. The van der Waals surface area contributed by atoms with Crippen LogP contribution in [0.25, 0.3) is 17.0 Å². The summed E-state index contributed by atoms with van der Waals surface area (Å²) in [5.74, 6) is 0.231. The second-order valence-electron chi connectivity index (χ2n) is 5.31. The molecule has 0 bridgehead atoms. The summed E-state index contributed by atoms with van der Waals surface area (Å²) in [6.07, 6.45) is 5.74. The van der Waals surface area contributed by atoms with Crippen LogP contribution in [0.4, 0.5) is 0 Å². The number of aliphatic imine (C=N–C) groups is 1. The number of phenols is 1. The first kappa shape index (κ1) is 15.0. The number of nitrogens with zero attached hydrogens (tertiary/aromatic N) is 2. The Morgan fingerprint density at radius 1 is 1.09 bits per heavy atom. The van der Waals surface area contributed by atoms with Crippen molar-refractivity contribution in [2.24, 2.45) is 4.99 Å². The normalized spacial score (nSPS) is 12.2. The molecule has 3 aromatic rings. The molecule has 114 valence electrons. The van der Waals surface area contributed by atoms with Crippen LogP contribution in [0.3, 0.4) is 0 Å². The molecule has 0 atom stereocenters. The number of aryl methyl sites for hydroxylation is 1. The molecule has 0 fully saturated rings. The quantitative estimate of drug-likeness (QED) is 0.730. The van der Waals surface area contributed by atoms with Crippen LogP contribution in [0.1, 0.15) is 16.7 Å². The van der Waals surface area contributed by atoms with Crippen molar-refractivity contribution < 1.29 is 5.11 Å². The fraction of sp³-hybridized carbons (Fsp3) is 0.100. The molecule has 0 aliphatic rings. The highest BCUT2D eigenvalue weighted by Crippen LogP contribution is 2.22. The van der Waals surface area contributed by atoms with E-state index in [1.54, 1.807) is 19.2 Å². The third-order valence-electron chi connectivity index (χ3n) is 3.91. The molecule has 0 radical (unpaired) electrons. The average Bonchev–Trinajstić information content (AvgIpc) is 2.59. The highest BCUT2D eigenvalue weighted by Gasteiger charge is 2.06. The van der Waals surface area contributed by atoms with E-state index >= 15 is 0 Å². The number of rotatable bonds is 3. The molecule has 2 aromatic carbocycles. The molecule has 3 heteroatoms. The lowest BCUT2D eigenvalue weighted by Gasteiger charge is -2.06. The van der Waals surface area contributed by atoms with Gasteiger partial charge in [-0.2, -0.15) is 0 Å². The van der Waals surface area contributed by atoms with Crippen molar-refractivity contribution in [2.45, 2.75) is 6.92 Å². The Labute approximate surface area is 135 Å². The van der Waals surface area contributed by atoms with Crippen molar-refractivity contribution in [3.05, 3.63) is 77.5 Å². The Morgan fingerprint density at radius 3 is 2.70 bits per heavy atom. The maximum Gasteiger partial charge on any atom is 0.124 e. The minimum Gasteiger partial charge on any atom is -0.507 e. The van der Waals surface area contributed by atoms with E-state index in [0.29, 0.717) is 0 Å². The topological polar surface area (TPSA) is 45.5 Å². The van der Waals surface area contributed by atoms with Gasteiger partial charge in [-0.3, -0.25) is 9.98 Å². The molecule has 1 aromatic heterocycles. The van der Waals surface area contributed by atoms with Gasteiger partial charge in [0.05, 0.1) is 11.2 Å². The van der Waals surface area contributed by atoms with E-state index in [4.69, 9.17) is 0 Å². The largest absolute Gasteiger partial charge is 0.507 e. The highest BCUT2D eigenvalue weighted by atomic mass is 16.3. The summed E-state index contributed by atoms with van der Waals surface area (Å²) in [6, 6.07) is 15.4. The van der Waals surface area contributed by atoms with Crippen molar-refractivity contribution in [3.63, 3.8) is 0 Å². The van der Waals surface area contributed by atoms with Crippen LogP contribution in [0.2, 0.25) is 0 Å². The number of hydrogen-bond acceptors (Lipinski definition) is 3. The molecule has 0 saturated carbocycles. The van der Waals surface area contributed by atoms with Crippen molar-refractivity contribution in [3.8, 4) is 5.75 Å². The van der Waals surface area contributed by atoms with E-state index < -0.39 is 0 Å². The molecule has 23 heavy (non-hydrogen) atoms. The summed E-state index contributed by atoms with van der Waals surface area (Å²) in [5, 5.41) is 11.1. The Kier molecular flexibility index (Phi) is 4.20. The SMILES string of the molecule is CN=C(/C=C\c1ccc2cccnc2c1C)c1ccccc1O. The number of aromatic nitrogens is 1. The second-order valence-corrected chi connectivity index (χ2v) is 5.31. The third-order valence-corrected chi connectivity index (χ3v) is 3.91. The lowest BCUT2D eigenvalue weighted by molar-refractivity contribution is 0.474. The zero-order valence-electron chi connectivity index (χ0n) is 13.2. The van der Waals surface area contributed by atoms with Crippen molar-refractivity contribution in [1.29, 1.82) is 0 Å². The van der Waals surface area contributed by atoms with Crippen LogP contribution in [-0.2, 0) is 0 Å². The summed E-state index contributed by atoms with van der Waals surface area (Å²) >= 11 is 0. The molecule has 3 rings (SSSR count). The summed E-state index contributed by atoms with van der Waals surface area (Å²) in [7, 11) is 1.72. The molecule has 3 nitrogen and oxygen atoms in total. The van der Waals surface area contributed by atoms with Crippen LogP contribution >= 0.6 is 0 Å². The van der Waals surface area contributed by atoms with E-state index in [1.807, 2.05) is 36.5 Å². The van der Waals surface area contributed by atoms with E-state index in [0.717, 1.165) is 33.3 Å². The number of fused-ring (bicyclic) bond motifs is 1. The summed E-state index contributed by atoms with van der Waals surface area (Å²) in [6.45, 7) is 2.07. The van der Waals surface area contributed by atoms with Crippen LogP contribution in [0.5, 0.6) is 5.75 Å². The maximum absolute atomic E-state index is 9.98. The van der Waals surface area contributed by atoms with E-state index in [1.165, 1.54) is 0 Å². The van der Waals surface area contributed by atoms with Gasteiger partial charge in [0.1, 0.15) is 5.75 Å². The van der Waals surface area contributed by atoms with E-state index in [9.17, 15) is 5.11 Å². The molecule has 0 amide bonds. The zero-order valence-corrected chi connectivity index (χ0v) is 13.2. The average molecular weight is 302 g/mol. The highest BCUT2D eigenvalue weighted by molar-refractivity contribution is 6.12. The molecule has 0 aliphatic heterocycles. The van der Waals surface area contributed by atoms with Gasteiger partial charge in [-0.25, -0.2) is 0 Å².